The SMILES string of the molecule is CC(C)N1C=CC(C)(C)CC1. The Balaban J connectivity index is 2.56. The molecule has 11 heavy (non-hydrogen) atoms. The average molecular weight is 153 g/mol. The van der Waals surface area contributed by atoms with Crippen LogP contribution in [0, 0.1) is 5.41 Å². The molecule has 1 rings (SSSR count). The predicted octanol–water partition coefficient (Wildman–Crippen LogP) is 2.64. The zero-order chi connectivity index (χ0) is 8.48. The second kappa shape index (κ2) is 2.88. The van der Waals surface area contributed by atoms with Gasteiger partial charge in [0.25, 0.3) is 0 Å². The molecule has 0 aliphatic carbocycles. The van der Waals surface area contributed by atoms with E-state index in [2.05, 4.69) is 44.9 Å². The van der Waals surface area contributed by atoms with Crippen LogP contribution >= 0.6 is 0 Å². The Bertz CT molecular complexity index is 156. The molecule has 0 aromatic rings. The first kappa shape index (κ1) is 8.63. The summed E-state index contributed by atoms with van der Waals surface area (Å²) in [4.78, 5) is 2.39. The van der Waals surface area contributed by atoms with Crippen LogP contribution in [0.4, 0.5) is 0 Å². The molecule has 0 unspecified atom stereocenters. The summed E-state index contributed by atoms with van der Waals surface area (Å²) in [5, 5.41) is 0. The van der Waals surface area contributed by atoms with Crippen LogP contribution in [0.3, 0.4) is 0 Å². The zero-order valence-corrected chi connectivity index (χ0v) is 8.09. The Morgan fingerprint density at radius 1 is 1.36 bits per heavy atom. The van der Waals surface area contributed by atoms with E-state index in [1.165, 1.54) is 13.0 Å². The van der Waals surface area contributed by atoms with E-state index >= 15 is 0 Å². The highest BCUT2D eigenvalue weighted by atomic mass is 15.1. The third-order valence-corrected chi connectivity index (χ3v) is 2.39. The van der Waals surface area contributed by atoms with Crippen molar-refractivity contribution in [3.8, 4) is 0 Å². The average Bonchev–Trinajstić information content (AvgIpc) is 1.86. The summed E-state index contributed by atoms with van der Waals surface area (Å²) in [6, 6.07) is 0.655. The van der Waals surface area contributed by atoms with E-state index in [0.29, 0.717) is 11.5 Å². The summed E-state index contributed by atoms with van der Waals surface area (Å²) in [5.74, 6) is 0. The van der Waals surface area contributed by atoms with Crippen molar-refractivity contribution in [1.82, 2.24) is 4.90 Å². The highest BCUT2D eigenvalue weighted by molar-refractivity contribution is 5.00. The van der Waals surface area contributed by atoms with Crippen molar-refractivity contribution in [2.75, 3.05) is 6.54 Å². The van der Waals surface area contributed by atoms with Crippen molar-refractivity contribution in [3.63, 3.8) is 0 Å². The van der Waals surface area contributed by atoms with Crippen LogP contribution in [0.5, 0.6) is 0 Å². The first-order valence-corrected chi connectivity index (χ1v) is 4.46. The summed E-state index contributed by atoms with van der Waals surface area (Å²) >= 11 is 0. The molecule has 0 amide bonds. The van der Waals surface area contributed by atoms with E-state index < -0.39 is 0 Å². The van der Waals surface area contributed by atoms with E-state index in [0.717, 1.165) is 0 Å². The molecular weight excluding hydrogens is 134 g/mol. The smallest absolute Gasteiger partial charge is 0.0227 e. The van der Waals surface area contributed by atoms with Gasteiger partial charge in [0.1, 0.15) is 0 Å². The molecule has 1 heterocycles. The van der Waals surface area contributed by atoms with Crippen LogP contribution in [0.1, 0.15) is 34.1 Å². The Morgan fingerprint density at radius 3 is 2.36 bits per heavy atom. The summed E-state index contributed by atoms with van der Waals surface area (Å²) in [7, 11) is 0. The van der Waals surface area contributed by atoms with E-state index in [9.17, 15) is 0 Å². The zero-order valence-electron chi connectivity index (χ0n) is 8.09. The van der Waals surface area contributed by atoms with Gasteiger partial charge < -0.3 is 4.90 Å². The van der Waals surface area contributed by atoms with Gasteiger partial charge in [0.15, 0.2) is 0 Å². The number of hydrogen-bond acceptors (Lipinski definition) is 1. The van der Waals surface area contributed by atoms with Crippen LogP contribution < -0.4 is 0 Å². The van der Waals surface area contributed by atoms with E-state index in [-0.39, 0.29) is 0 Å². The van der Waals surface area contributed by atoms with Gasteiger partial charge in [-0.2, -0.15) is 0 Å². The molecule has 1 nitrogen and oxygen atoms in total. The number of nitrogens with zero attached hydrogens (tertiary/aromatic N) is 1. The molecule has 1 heteroatoms. The Kier molecular flexibility index (Phi) is 2.26. The fourth-order valence-electron chi connectivity index (χ4n) is 1.30. The number of rotatable bonds is 1. The molecule has 0 bridgehead atoms. The highest BCUT2D eigenvalue weighted by Crippen LogP contribution is 2.27. The molecule has 0 atom stereocenters. The van der Waals surface area contributed by atoms with E-state index in [1.54, 1.807) is 0 Å². The Morgan fingerprint density at radius 2 is 2.00 bits per heavy atom. The fourth-order valence-corrected chi connectivity index (χ4v) is 1.30. The molecule has 0 aromatic heterocycles. The van der Waals surface area contributed by atoms with Crippen LogP contribution in [0.25, 0.3) is 0 Å². The minimum atomic E-state index is 0.422. The van der Waals surface area contributed by atoms with Crippen molar-refractivity contribution < 1.29 is 0 Å². The lowest BCUT2D eigenvalue weighted by atomic mass is 9.87. The standard InChI is InChI=1S/C10H19N/c1-9(2)11-7-5-10(3,4)6-8-11/h5,7,9H,6,8H2,1-4H3. The second-order valence-electron chi connectivity index (χ2n) is 4.39. The van der Waals surface area contributed by atoms with Crippen LogP contribution in [0.15, 0.2) is 12.3 Å². The third-order valence-electron chi connectivity index (χ3n) is 2.39. The molecule has 0 saturated heterocycles. The molecule has 0 saturated carbocycles. The van der Waals surface area contributed by atoms with Gasteiger partial charge in [0.2, 0.25) is 0 Å². The maximum absolute atomic E-state index is 2.39. The van der Waals surface area contributed by atoms with E-state index in [4.69, 9.17) is 0 Å². The highest BCUT2D eigenvalue weighted by Gasteiger charge is 2.20. The van der Waals surface area contributed by atoms with Gasteiger partial charge >= 0.3 is 0 Å². The molecule has 1 aliphatic rings. The number of allylic oxidation sites excluding steroid dienone is 1. The van der Waals surface area contributed by atoms with Gasteiger partial charge in [-0.1, -0.05) is 19.9 Å². The van der Waals surface area contributed by atoms with Gasteiger partial charge in [-0.15, -0.1) is 0 Å². The first-order valence-electron chi connectivity index (χ1n) is 4.46. The van der Waals surface area contributed by atoms with Gasteiger partial charge in [0, 0.05) is 12.6 Å². The van der Waals surface area contributed by atoms with Crippen molar-refractivity contribution in [1.29, 1.82) is 0 Å². The normalized spacial score (nSPS) is 22.8. The minimum absolute atomic E-state index is 0.422. The quantitative estimate of drug-likeness (QED) is 0.560. The molecular formula is C10H19N. The lowest BCUT2D eigenvalue weighted by molar-refractivity contribution is 0.240. The molecule has 0 spiro atoms. The van der Waals surface area contributed by atoms with Crippen molar-refractivity contribution in [2.24, 2.45) is 5.41 Å². The third kappa shape index (κ3) is 2.25. The molecule has 0 aromatic carbocycles. The largest absolute Gasteiger partial charge is 0.375 e. The number of hydrogen-bond donors (Lipinski definition) is 0. The van der Waals surface area contributed by atoms with Gasteiger partial charge in [0.05, 0.1) is 0 Å². The molecule has 0 N–H and O–H groups in total. The summed E-state index contributed by atoms with van der Waals surface area (Å²) in [5.41, 5.74) is 0.422. The predicted molar refractivity (Wildman–Crippen MR) is 49.4 cm³/mol. The van der Waals surface area contributed by atoms with Crippen LogP contribution in [-0.4, -0.2) is 17.5 Å². The van der Waals surface area contributed by atoms with Crippen molar-refractivity contribution >= 4 is 0 Å². The maximum atomic E-state index is 2.39. The summed E-state index contributed by atoms with van der Waals surface area (Å²) < 4.78 is 0. The maximum Gasteiger partial charge on any atom is 0.0227 e. The fraction of sp³-hybridized carbons (Fsp3) is 0.800. The van der Waals surface area contributed by atoms with Gasteiger partial charge in [-0.25, -0.2) is 0 Å². The van der Waals surface area contributed by atoms with Gasteiger partial charge in [-0.05, 0) is 31.9 Å². The van der Waals surface area contributed by atoms with Crippen LogP contribution in [0.2, 0.25) is 0 Å². The molecule has 0 fully saturated rings. The van der Waals surface area contributed by atoms with Crippen LogP contribution in [-0.2, 0) is 0 Å². The molecule has 64 valence electrons. The molecule has 0 radical (unpaired) electrons. The Labute approximate surface area is 70.1 Å². The van der Waals surface area contributed by atoms with Gasteiger partial charge in [-0.3, -0.25) is 0 Å². The minimum Gasteiger partial charge on any atom is -0.375 e. The lowest BCUT2D eigenvalue weighted by Gasteiger charge is -2.34. The van der Waals surface area contributed by atoms with Crippen molar-refractivity contribution in [2.45, 2.75) is 40.2 Å². The first-order chi connectivity index (χ1) is 5.01. The monoisotopic (exact) mass is 153 g/mol. The van der Waals surface area contributed by atoms with Crippen molar-refractivity contribution in [3.05, 3.63) is 12.3 Å². The Hall–Kier alpha value is -0.460. The summed E-state index contributed by atoms with van der Waals surface area (Å²) in [6.07, 6.45) is 5.84. The summed E-state index contributed by atoms with van der Waals surface area (Å²) in [6.45, 7) is 10.3. The second-order valence-corrected chi connectivity index (χ2v) is 4.39. The molecule has 1 aliphatic heterocycles. The lowest BCUT2D eigenvalue weighted by Crippen LogP contribution is -2.33. The topological polar surface area (TPSA) is 3.24 Å². The van der Waals surface area contributed by atoms with E-state index in [1.807, 2.05) is 0 Å².